The van der Waals surface area contributed by atoms with E-state index in [1.165, 1.54) is 12.8 Å². The molecule has 0 atom stereocenters. The minimum Gasteiger partial charge on any atom is -0.355 e. The molecule has 1 amide bonds. The monoisotopic (exact) mass is 211 g/mol. The maximum atomic E-state index is 11.5. The van der Waals surface area contributed by atoms with E-state index in [0.717, 1.165) is 32.2 Å². The van der Waals surface area contributed by atoms with Gasteiger partial charge in [0.15, 0.2) is 0 Å². The summed E-state index contributed by atoms with van der Waals surface area (Å²) < 4.78 is 0. The molecular weight excluding hydrogens is 190 g/mol. The lowest BCUT2D eigenvalue weighted by atomic mass is 9.99. The molecule has 1 heterocycles. The number of carbonyl (C=O) groups is 1. The second kappa shape index (κ2) is 4.94. The van der Waals surface area contributed by atoms with Crippen LogP contribution in [0.15, 0.2) is 0 Å². The minimum atomic E-state index is 0.214. The van der Waals surface area contributed by atoms with Crippen LogP contribution in [-0.4, -0.2) is 50.1 Å². The highest BCUT2D eigenvalue weighted by Gasteiger charge is 2.25. The average molecular weight is 211 g/mol. The summed E-state index contributed by atoms with van der Waals surface area (Å²) in [5, 5.41) is 6.16. The lowest BCUT2D eigenvalue weighted by Gasteiger charge is -2.26. The van der Waals surface area contributed by atoms with Crippen LogP contribution >= 0.6 is 0 Å². The number of hydrogen-bond acceptors (Lipinski definition) is 3. The Kier molecular flexibility index (Phi) is 3.59. The van der Waals surface area contributed by atoms with Crippen molar-refractivity contribution in [3.63, 3.8) is 0 Å². The number of nitrogens with one attached hydrogen (secondary N) is 2. The maximum Gasteiger partial charge on any atom is 0.220 e. The molecule has 0 aromatic carbocycles. The van der Waals surface area contributed by atoms with Crippen LogP contribution in [-0.2, 0) is 4.79 Å². The van der Waals surface area contributed by atoms with Crippen molar-refractivity contribution in [2.75, 3.05) is 33.2 Å². The van der Waals surface area contributed by atoms with Gasteiger partial charge in [-0.15, -0.1) is 0 Å². The third-order valence-corrected chi connectivity index (χ3v) is 3.30. The van der Waals surface area contributed by atoms with Crippen LogP contribution < -0.4 is 10.6 Å². The Labute approximate surface area is 91.4 Å². The Balaban J connectivity index is 1.50. The second-order valence-electron chi connectivity index (χ2n) is 4.79. The van der Waals surface area contributed by atoms with Crippen LogP contribution in [0, 0.1) is 5.92 Å². The van der Waals surface area contributed by atoms with Crippen molar-refractivity contribution in [3.8, 4) is 0 Å². The van der Waals surface area contributed by atoms with Crippen LogP contribution in [0.4, 0.5) is 0 Å². The summed E-state index contributed by atoms with van der Waals surface area (Å²) in [4.78, 5) is 13.8. The van der Waals surface area contributed by atoms with Crippen LogP contribution in [0.1, 0.15) is 19.3 Å². The second-order valence-corrected chi connectivity index (χ2v) is 4.79. The molecule has 1 saturated heterocycles. The van der Waals surface area contributed by atoms with Gasteiger partial charge in [0, 0.05) is 25.6 Å². The molecule has 1 aliphatic carbocycles. The molecular formula is C11H21N3O. The van der Waals surface area contributed by atoms with Crippen molar-refractivity contribution in [2.24, 2.45) is 5.92 Å². The lowest BCUT2D eigenvalue weighted by molar-refractivity contribution is -0.122. The van der Waals surface area contributed by atoms with E-state index in [0.29, 0.717) is 12.3 Å². The van der Waals surface area contributed by atoms with Gasteiger partial charge in [-0.05, 0) is 38.9 Å². The number of carbonyl (C=O) groups excluding carboxylic acids is 1. The lowest BCUT2D eigenvalue weighted by Crippen LogP contribution is -2.45. The van der Waals surface area contributed by atoms with Gasteiger partial charge >= 0.3 is 0 Å². The van der Waals surface area contributed by atoms with Gasteiger partial charge in [0.2, 0.25) is 5.91 Å². The highest BCUT2D eigenvalue weighted by atomic mass is 16.1. The predicted octanol–water partition coefficient (Wildman–Crippen LogP) is -0.194. The quantitative estimate of drug-likeness (QED) is 0.640. The third kappa shape index (κ3) is 3.47. The molecule has 1 saturated carbocycles. The fraction of sp³-hybridized carbons (Fsp3) is 0.909. The highest BCUT2D eigenvalue weighted by molar-refractivity contribution is 5.76. The maximum absolute atomic E-state index is 11.5. The molecule has 4 nitrogen and oxygen atoms in total. The molecule has 0 spiro atoms. The van der Waals surface area contributed by atoms with Crippen molar-refractivity contribution in [1.29, 1.82) is 0 Å². The van der Waals surface area contributed by atoms with E-state index in [1.807, 2.05) is 0 Å². The fourth-order valence-corrected chi connectivity index (χ4v) is 1.90. The Morgan fingerprint density at radius 2 is 2.20 bits per heavy atom. The number of rotatable bonds is 6. The van der Waals surface area contributed by atoms with Gasteiger partial charge in [0.25, 0.3) is 0 Å². The molecule has 86 valence electrons. The van der Waals surface area contributed by atoms with Crippen LogP contribution in [0.2, 0.25) is 0 Å². The molecule has 2 N–H and O–H groups in total. The first-order valence-electron chi connectivity index (χ1n) is 5.93. The first-order valence-corrected chi connectivity index (χ1v) is 5.93. The van der Waals surface area contributed by atoms with E-state index in [4.69, 9.17) is 0 Å². The number of amides is 1. The molecule has 0 bridgehead atoms. The van der Waals surface area contributed by atoms with Gasteiger partial charge in [-0.1, -0.05) is 0 Å². The zero-order valence-corrected chi connectivity index (χ0v) is 9.46. The Bertz CT molecular complexity index is 224. The molecule has 4 heteroatoms. The molecule has 2 fully saturated rings. The van der Waals surface area contributed by atoms with Gasteiger partial charge in [-0.3, -0.25) is 4.79 Å². The first-order chi connectivity index (χ1) is 7.25. The van der Waals surface area contributed by atoms with Crippen LogP contribution in [0.3, 0.4) is 0 Å². The SMILES string of the molecule is CN(CCNC(=O)CC1CNC1)C1CC1. The van der Waals surface area contributed by atoms with E-state index in [1.54, 1.807) is 0 Å². The molecule has 0 aromatic heterocycles. The summed E-state index contributed by atoms with van der Waals surface area (Å²) in [5.74, 6) is 0.789. The molecule has 0 aromatic rings. The number of hydrogen-bond donors (Lipinski definition) is 2. The van der Waals surface area contributed by atoms with E-state index < -0.39 is 0 Å². The predicted molar refractivity (Wildman–Crippen MR) is 59.6 cm³/mol. The smallest absolute Gasteiger partial charge is 0.220 e. The van der Waals surface area contributed by atoms with Gasteiger partial charge in [0.1, 0.15) is 0 Å². The molecule has 2 aliphatic rings. The standard InChI is InChI=1S/C11H21N3O/c1-14(10-2-3-10)5-4-13-11(15)6-9-7-12-8-9/h9-10,12H,2-8H2,1H3,(H,13,15). The fourth-order valence-electron chi connectivity index (χ4n) is 1.90. The average Bonchev–Trinajstić information content (AvgIpc) is 2.94. The van der Waals surface area contributed by atoms with Gasteiger partial charge in [0.05, 0.1) is 0 Å². The molecule has 15 heavy (non-hydrogen) atoms. The number of likely N-dealkylation sites (N-methyl/N-ethyl adjacent to an activating group) is 1. The van der Waals surface area contributed by atoms with Gasteiger partial charge in [-0.25, -0.2) is 0 Å². The summed E-state index contributed by atoms with van der Waals surface area (Å²) in [5.41, 5.74) is 0. The van der Waals surface area contributed by atoms with Crippen molar-refractivity contribution in [2.45, 2.75) is 25.3 Å². The van der Waals surface area contributed by atoms with Crippen molar-refractivity contribution in [1.82, 2.24) is 15.5 Å². The molecule has 0 radical (unpaired) electrons. The summed E-state index contributed by atoms with van der Waals surface area (Å²) in [6.07, 6.45) is 3.36. The summed E-state index contributed by atoms with van der Waals surface area (Å²) >= 11 is 0. The van der Waals surface area contributed by atoms with E-state index in [9.17, 15) is 4.79 Å². The minimum absolute atomic E-state index is 0.214. The largest absolute Gasteiger partial charge is 0.355 e. The summed E-state index contributed by atoms with van der Waals surface area (Å²) in [6.45, 7) is 3.80. The molecule has 0 unspecified atom stereocenters. The molecule has 1 aliphatic heterocycles. The van der Waals surface area contributed by atoms with Crippen molar-refractivity contribution < 1.29 is 4.79 Å². The van der Waals surface area contributed by atoms with Crippen molar-refractivity contribution >= 4 is 5.91 Å². The first kappa shape index (κ1) is 10.9. The number of nitrogens with zero attached hydrogens (tertiary/aromatic N) is 1. The Morgan fingerprint density at radius 1 is 1.47 bits per heavy atom. The van der Waals surface area contributed by atoms with Crippen molar-refractivity contribution in [3.05, 3.63) is 0 Å². The Morgan fingerprint density at radius 3 is 2.73 bits per heavy atom. The normalized spacial score (nSPS) is 21.5. The summed E-state index contributed by atoms with van der Waals surface area (Å²) in [7, 11) is 2.14. The van der Waals surface area contributed by atoms with Crippen LogP contribution in [0.25, 0.3) is 0 Å². The zero-order chi connectivity index (χ0) is 10.7. The van der Waals surface area contributed by atoms with Crippen LogP contribution in [0.5, 0.6) is 0 Å². The third-order valence-electron chi connectivity index (χ3n) is 3.30. The molecule has 2 rings (SSSR count). The Hall–Kier alpha value is -0.610. The zero-order valence-electron chi connectivity index (χ0n) is 9.46. The highest BCUT2D eigenvalue weighted by Crippen LogP contribution is 2.24. The van der Waals surface area contributed by atoms with E-state index >= 15 is 0 Å². The van der Waals surface area contributed by atoms with E-state index in [2.05, 4.69) is 22.6 Å². The van der Waals surface area contributed by atoms with Gasteiger partial charge < -0.3 is 15.5 Å². The van der Waals surface area contributed by atoms with Gasteiger partial charge in [-0.2, -0.15) is 0 Å². The topological polar surface area (TPSA) is 44.4 Å². The van der Waals surface area contributed by atoms with E-state index in [-0.39, 0.29) is 5.91 Å². The summed E-state index contributed by atoms with van der Waals surface area (Å²) in [6, 6.07) is 0.790.